The Balaban J connectivity index is 2.04. The third kappa shape index (κ3) is 2.13. The highest BCUT2D eigenvalue weighted by molar-refractivity contribution is 5.58. The lowest BCUT2D eigenvalue weighted by molar-refractivity contribution is 0.455. The number of benzene rings is 2. The van der Waals surface area contributed by atoms with E-state index >= 15 is 0 Å². The second-order valence-electron chi connectivity index (χ2n) is 4.09. The third-order valence-corrected chi connectivity index (χ3v) is 2.77. The lowest BCUT2D eigenvalue weighted by atomic mass is 10.2. The topological polar surface area (TPSA) is 71.2 Å². The standard InChI is InChI=1S/C14H11N3O2/c18-11-6-7-14(19)13(8-11)17-9-12(15-16-17)10-4-2-1-3-5-10/h1-9,18-19H. The molecule has 0 spiro atoms. The van der Waals surface area contributed by atoms with Crippen molar-refractivity contribution in [2.45, 2.75) is 0 Å². The maximum Gasteiger partial charge on any atom is 0.141 e. The molecule has 1 aromatic heterocycles. The van der Waals surface area contributed by atoms with Gasteiger partial charge in [-0.05, 0) is 12.1 Å². The molecule has 3 rings (SSSR count). The van der Waals surface area contributed by atoms with Gasteiger partial charge in [0.05, 0.1) is 6.20 Å². The molecule has 5 heteroatoms. The number of rotatable bonds is 2. The van der Waals surface area contributed by atoms with Gasteiger partial charge >= 0.3 is 0 Å². The van der Waals surface area contributed by atoms with Gasteiger partial charge in [-0.15, -0.1) is 5.10 Å². The predicted octanol–water partition coefficient (Wildman–Crippen LogP) is 2.35. The number of aromatic nitrogens is 3. The first-order chi connectivity index (χ1) is 9.24. The molecule has 2 aromatic carbocycles. The van der Waals surface area contributed by atoms with Gasteiger partial charge in [0, 0.05) is 11.6 Å². The number of nitrogens with zero attached hydrogens (tertiary/aromatic N) is 3. The van der Waals surface area contributed by atoms with Crippen molar-refractivity contribution in [1.82, 2.24) is 15.0 Å². The van der Waals surface area contributed by atoms with Gasteiger partial charge in [-0.3, -0.25) is 0 Å². The highest BCUT2D eigenvalue weighted by atomic mass is 16.3. The summed E-state index contributed by atoms with van der Waals surface area (Å²) in [5.41, 5.74) is 2.02. The molecule has 19 heavy (non-hydrogen) atoms. The summed E-state index contributed by atoms with van der Waals surface area (Å²) in [5.74, 6) is 0.0897. The van der Waals surface area contributed by atoms with E-state index in [9.17, 15) is 10.2 Å². The van der Waals surface area contributed by atoms with E-state index < -0.39 is 0 Å². The van der Waals surface area contributed by atoms with E-state index in [-0.39, 0.29) is 11.5 Å². The summed E-state index contributed by atoms with van der Waals surface area (Å²) in [6.45, 7) is 0. The molecule has 0 fully saturated rings. The SMILES string of the molecule is Oc1ccc(O)c(-n2cc(-c3ccccc3)nn2)c1. The molecule has 1 heterocycles. The van der Waals surface area contributed by atoms with Gasteiger partial charge in [0.2, 0.25) is 0 Å². The van der Waals surface area contributed by atoms with Crippen molar-refractivity contribution in [3.05, 3.63) is 54.7 Å². The van der Waals surface area contributed by atoms with Crippen LogP contribution in [0.5, 0.6) is 11.5 Å². The number of phenols is 2. The van der Waals surface area contributed by atoms with Gasteiger partial charge in [-0.1, -0.05) is 35.5 Å². The van der Waals surface area contributed by atoms with Crippen molar-refractivity contribution in [2.75, 3.05) is 0 Å². The molecule has 0 amide bonds. The molecule has 3 aromatic rings. The fraction of sp³-hybridized carbons (Fsp3) is 0. The van der Waals surface area contributed by atoms with Gasteiger partial charge in [0.25, 0.3) is 0 Å². The zero-order valence-corrected chi connectivity index (χ0v) is 9.93. The van der Waals surface area contributed by atoms with E-state index in [2.05, 4.69) is 10.3 Å². The summed E-state index contributed by atoms with van der Waals surface area (Å²) in [7, 11) is 0. The fourth-order valence-electron chi connectivity index (χ4n) is 1.82. The van der Waals surface area contributed by atoms with E-state index in [1.807, 2.05) is 30.3 Å². The van der Waals surface area contributed by atoms with E-state index in [4.69, 9.17) is 0 Å². The molecule has 94 valence electrons. The zero-order chi connectivity index (χ0) is 13.2. The van der Waals surface area contributed by atoms with Crippen LogP contribution in [-0.2, 0) is 0 Å². The van der Waals surface area contributed by atoms with Gasteiger partial charge in [0.1, 0.15) is 22.9 Å². The summed E-state index contributed by atoms with van der Waals surface area (Å²) >= 11 is 0. The number of aromatic hydroxyl groups is 2. The van der Waals surface area contributed by atoms with E-state index in [0.29, 0.717) is 11.4 Å². The third-order valence-electron chi connectivity index (χ3n) is 2.77. The van der Waals surface area contributed by atoms with Crippen LogP contribution in [0.3, 0.4) is 0 Å². The van der Waals surface area contributed by atoms with Crippen molar-refractivity contribution in [1.29, 1.82) is 0 Å². The monoisotopic (exact) mass is 253 g/mol. The number of hydrogen-bond donors (Lipinski definition) is 2. The Morgan fingerprint density at radius 3 is 2.53 bits per heavy atom. The summed E-state index contributed by atoms with van der Waals surface area (Å²) in [6.07, 6.45) is 1.70. The molecule has 0 aliphatic carbocycles. The van der Waals surface area contributed by atoms with Crippen LogP contribution in [0.2, 0.25) is 0 Å². The molecule has 0 saturated carbocycles. The Bertz CT molecular complexity index is 708. The average Bonchev–Trinajstić information content (AvgIpc) is 2.92. The second kappa shape index (κ2) is 4.45. The molecule has 0 atom stereocenters. The summed E-state index contributed by atoms with van der Waals surface area (Å²) in [6, 6.07) is 13.9. The second-order valence-corrected chi connectivity index (χ2v) is 4.09. The van der Waals surface area contributed by atoms with Crippen molar-refractivity contribution in [3.63, 3.8) is 0 Å². The minimum atomic E-state index is 0.0299. The van der Waals surface area contributed by atoms with Crippen LogP contribution in [-0.4, -0.2) is 25.2 Å². The maximum atomic E-state index is 9.77. The Morgan fingerprint density at radius 2 is 1.74 bits per heavy atom. The molecular formula is C14H11N3O2. The molecule has 2 N–H and O–H groups in total. The number of phenolic OH excluding ortho intramolecular Hbond substituents is 2. The Kier molecular flexibility index (Phi) is 2.64. The summed E-state index contributed by atoms with van der Waals surface area (Å²) < 4.78 is 1.43. The Morgan fingerprint density at radius 1 is 0.947 bits per heavy atom. The molecule has 0 aliphatic heterocycles. The highest BCUT2D eigenvalue weighted by Crippen LogP contribution is 2.26. The quantitative estimate of drug-likeness (QED) is 0.688. The molecule has 0 radical (unpaired) electrons. The van der Waals surface area contributed by atoms with Gasteiger partial charge in [-0.25, -0.2) is 4.68 Å². The van der Waals surface area contributed by atoms with E-state index in [1.54, 1.807) is 6.20 Å². The first-order valence-corrected chi connectivity index (χ1v) is 5.74. The lowest BCUT2D eigenvalue weighted by Gasteiger charge is -2.03. The van der Waals surface area contributed by atoms with Crippen LogP contribution in [0, 0.1) is 0 Å². The van der Waals surface area contributed by atoms with Gasteiger partial charge in [-0.2, -0.15) is 0 Å². The highest BCUT2D eigenvalue weighted by Gasteiger charge is 2.09. The van der Waals surface area contributed by atoms with Crippen LogP contribution < -0.4 is 0 Å². The molecule has 0 bridgehead atoms. The Labute approximate surface area is 109 Å². The minimum absolute atomic E-state index is 0.0299. The smallest absolute Gasteiger partial charge is 0.141 e. The van der Waals surface area contributed by atoms with Crippen molar-refractivity contribution < 1.29 is 10.2 Å². The van der Waals surface area contributed by atoms with Crippen LogP contribution in [0.1, 0.15) is 0 Å². The van der Waals surface area contributed by atoms with Crippen molar-refractivity contribution in [2.24, 2.45) is 0 Å². The Hall–Kier alpha value is -2.82. The van der Waals surface area contributed by atoms with E-state index in [1.165, 1.54) is 22.9 Å². The van der Waals surface area contributed by atoms with Crippen LogP contribution in [0.25, 0.3) is 16.9 Å². The molecule has 0 aliphatic rings. The fourth-order valence-corrected chi connectivity index (χ4v) is 1.82. The number of hydrogen-bond acceptors (Lipinski definition) is 4. The zero-order valence-electron chi connectivity index (χ0n) is 9.93. The van der Waals surface area contributed by atoms with Crippen LogP contribution >= 0.6 is 0 Å². The van der Waals surface area contributed by atoms with Crippen LogP contribution in [0.15, 0.2) is 54.7 Å². The van der Waals surface area contributed by atoms with Gasteiger partial charge < -0.3 is 10.2 Å². The van der Waals surface area contributed by atoms with E-state index in [0.717, 1.165) is 5.56 Å². The summed E-state index contributed by atoms with van der Waals surface area (Å²) in [5, 5.41) is 27.2. The van der Waals surface area contributed by atoms with Crippen LogP contribution in [0.4, 0.5) is 0 Å². The lowest BCUT2D eigenvalue weighted by Crippen LogP contribution is -1.95. The first kappa shape index (κ1) is 11.3. The summed E-state index contributed by atoms with van der Waals surface area (Å²) in [4.78, 5) is 0. The average molecular weight is 253 g/mol. The molecule has 5 nitrogen and oxygen atoms in total. The van der Waals surface area contributed by atoms with Crippen molar-refractivity contribution >= 4 is 0 Å². The maximum absolute atomic E-state index is 9.77. The minimum Gasteiger partial charge on any atom is -0.508 e. The molecule has 0 unspecified atom stereocenters. The predicted molar refractivity (Wildman–Crippen MR) is 70.1 cm³/mol. The van der Waals surface area contributed by atoms with Crippen molar-refractivity contribution in [3.8, 4) is 28.4 Å². The first-order valence-electron chi connectivity index (χ1n) is 5.74. The van der Waals surface area contributed by atoms with Gasteiger partial charge in [0.15, 0.2) is 0 Å². The largest absolute Gasteiger partial charge is 0.508 e. The molecule has 0 saturated heterocycles. The molecular weight excluding hydrogens is 242 g/mol. The normalized spacial score (nSPS) is 10.5.